The Bertz CT molecular complexity index is 690. The van der Waals surface area contributed by atoms with Gasteiger partial charge in [-0.05, 0) is 39.8 Å². The average molecular weight is 332 g/mol. The van der Waals surface area contributed by atoms with Crippen molar-refractivity contribution in [2.24, 2.45) is 7.05 Å². The number of hydrogen-bond acceptors (Lipinski definition) is 6. The molecule has 2 N–H and O–H groups in total. The number of β-amino-alcohol motifs (C(OH)–C–C–N with tert-alkyl or cyclic N) is 1. The van der Waals surface area contributed by atoms with Gasteiger partial charge in [-0.15, -0.1) is 0 Å². The molecule has 24 heavy (non-hydrogen) atoms. The predicted octanol–water partition coefficient (Wildman–Crippen LogP) is 1.63. The van der Waals surface area contributed by atoms with Gasteiger partial charge in [0, 0.05) is 20.1 Å². The number of aromatic nitrogens is 4. The largest absolute Gasteiger partial charge is 0.390 e. The van der Waals surface area contributed by atoms with E-state index in [1.807, 2.05) is 20.9 Å². The van der Waals surface area contributed by atoms with Crippen LogP contribution < -0.4 is 5.32 Å². The number of nitrogens with one attached hydrogen (secondary N) is 1. The van der Waals surface area contributed by atoms with Crippen molar-refractivity contribution in [3.8, 4) is 0 Å². The molecule has 1 fully saturated rings. The number of aryl methyl sites for hydroxylation is 3. The van der Waals surface area contributed by atoms with Crippen molar-refractivity contribution in [1.82, 2.24) is 24.6 Å². The van der Waals surface area contributed by atoms with Gasteiger partial charge in [0.25, 0.3) is 0 Å². The van der Waals surface area contributed by atoms with Crippen LogP contribution in [0.2, 0.25) is 0 Å². The van der Waals surface area contributed by atoms with E-state index in [0.29, 0.717) is 18.9 Å². The van der Waals surface area contributed by atoms with E-state index in [0.717, 1.165) is 35.6 Å². The maximum absolute atomic E-state index is 10.4. The smallest absolute Gasteiger partial charge is 0.163 e. The second-order valence-electron chi connectivity index (χ2n) is 6.78. The highest BCUT2D eigenvalue weighted by Gasteiger charge is 2.17. The third-order valence-corrected chi connectivity index (χ3v) is 4.64. The number of nitrogens with zero attached hydrogens (tertiary/aromatic N) is 5. The third-order valence-electron chi connectivity index (χ3n) is 4.64. The lowest BCUT2D eigenvalue weighted by atomic mass is 10.2. The van der Waals surface area contributed by atoms with E-state index in [1.165, 1.54) is 25.7 Å². The zero-order valence-electron chi connectivity index (χ0n) is 14.9. The quantitative estimate of drug-likeness (QED) is 0.866. The van der Waals surface area contributed by atoms with Gasteiger partial charge in [-0.25, -0.2) is 9.97 Å². The molecule has 3 rings (SSSR count). The first-order valence-electron chi connectivity index (χ1n) is 8.87. The monoisotopic (exact) mass is 332 g/mol. The van der Waals surface area contributed by atoms with Gasteiger partial charge in [-0.1, -0.05) is 12.8 Å². The summed E-state index contributed by atoms with van der Waals surface area (Å²) in [5.74, 6) is 1.47. The van der Waals surface area contributed by atoms with Crippen molar-refractivity contribution in [2.75, 3.05) is 31.5 Å². The van der Waals surface area contributed by atoms with E-state index in [4.69, 9.17) is 0 Å². The molecule has 0 spiro atoms. The molecule has 2 aromatic rings. The van der Waals surface area contributed by atoms with Gasteiger partial charge < -0.3 is 15.3 Å². The molecule has 0 unspecified atom stereocenters. The maximum atomic E-state index is 10.4. The highest BCUT2D eigenvalue weighted by molar-refractivity contribution is 5.89. The fraction of sp³-hybridized carbons (Fsp3) is 0.706. The molecule has 1 atom stereocenters. The Hall–Kier alpha value is -1.73. The Labute approximate surface area is 143 Å². The van der Waals surface area contributed by atoms with Crippen LogP contribution in [-0.2, 0) is 7.05 Å². The maximum Gasteiger partial charge on any atom is 0.163 e. The molecule has 1 aliphatic heterocycles. The Morgan fingerprint density at radius 3 is 2.54 bits per heavy atom. The van der Waals surface area contributed by atoms with Crippen LogP contribution in [0.5, 0.6) is 0 Å². The van der Waals surface area contributed by atoms with Crippen LogP contribution in [0.3, 0.4) is 0 Å². The van der Waals surface area contributed by atoms with Gasteiger partial charge in [-0.3, -0.25) is 4.68 Å². The number of fused-ring (bicyclic) bond motifs is 1. The van der Waals surface area contributed by atoms with Crippen LogP contribution in [0.25, 0.3) is 11.0 Å². The van der Waals surface area contributed by atoms with Gasteiger partial charge in [-0.2, -0.15) is 5.10 Å². The number of rotatable bonds is 5. The summed E-state index contributed by atoms with van der Waals surface area (Å²) in [7, 11) is 1.89. The Morgan fingerprint density at radius 2 is 1.83 bits per heavy atom. The molecule has 132 valence electrons. The molecule has 0 amide bonds. The molecule has 0 radical (unpaired) electrons. The highest BCUT2D eigenvalue weighted by atomic mass is 16.3. The Morgan fingerprint density at radius 1 is 1.12 bits per heavy atom. The molecular formula is C17H28N6O. The van der Waals surface area contributed by atoms with Crippen LogP contribution in [0.1, 0.15) is 37.2 Å². The fourth-order valence-electron chi connectivity index (χ4n) is 3.47. The second kappa shape index (κ2) is 7.44. The standard InChI is InChI=1S/C17H28N6O/c1-12-15-16(19-13(2)20-17(15)22(3)21-12)18-10-14(24)11-23-8-6-4-5-7-9-23/h14,24H,4-11H2,1-3H3,(H,18,19,20)/t14-/m1/s1. The Balaban J connectivity index is 1.66. The van der Waals surface area contributed by atoms with Crippen molar-refractivity contribution in [3.63, 3.8) is 0 Å². The number of anilines is 1. The minimum atomic E-state index is -0.412. The summed E-state index contributed by atoms with van der Waals surface area (Å²) >= 11 is 0. The lowest BCUT2D eigenvalue weighted by Crippen LogP contribution is -2.36. The highest BCUT2D eigenvalue weighted by Crippen LogP contribution is 2.23. The summed E-state index contributed by atoms with van der Waals surface area (Å²) in [6.07, 6.45) is 4.68. The second-order valence-corrected chi connectivity index (χ2v) is 6.78. The van der Waals surface area contributed by atoms with Crippen molar-refractivity contribution in [3.05, 3.63) is 11.5 Å². The van der Waals surface area contributed by atoms with Crippen LogP contribution in [0.15, 0.2) is 0 Å². The van der Waals surface area contributed by atoms with Crippen molar-refractivity contribution < 1.29 is 5.11 Å². The van der Waals surface area contributed by atoms with Crippen molar-refractivity contribution in [1.29, 1.82) is 0 Å². The van der Waals surface area contributed by atoms with Gasteiger partial charge in [0.2, 0.25) is 0 Å². The van der Waals surface area contributed by atoms with Gasteiger partial charge in [0.15, 0.2) is 5.65 Å². The zero-order valence-corrected chi connectivity index (χ0v) is 14.9. The molecule has 1 saturated heterocycles. The molecule has 0 bridgehead atoms. The summed E-state index contributed by atoms with van der Waals surface area (Å²) in [6.45, 7) is 7.22. The molecular weight excluding hydrogens is 304 g/mol. The number of hydrogen-bond donors (Lipinski definition) is 2. The van der Waals surface area contributed by atoms with E-state index in [9.17, 15) is 5.11 Å². The zero-order chi connectivity index (χ0) is 17.1. The normalized spacial score (nSPS) is 17.8. The van der Waals surface area contributed by atoms with Crippen LogP contribution in [0.4, 0.5) is 5.82 Å². The Kier molecular flexibility index (Phi) is 5.30. The fourth-order valence-corrected chi connectivity index (χ4v) is 3.47. The topological polar surface area (TPSA) is 79.1 Å². The van der Waals surface area contributed by atoms with Gasteiger partial charge in [0.05, 0.1) is 17.2 Å². The van der Waals surface area contributed by atoms with Gasteiger partial charge >= 0.3 is 0 Å². The van der Waals surface area contributed by atoms with E-state index in [1.54, 1.807) is 4.68 Å². The predicted molar refractivity (Wildman–Crippen MR) is 95.2 cm³/mol. The van der Waals surface area contributed by atoms with Crippen LogP contribution >= 0.6 is 0 Å². The number of aliphatic hydroxyl groups excluding tert-OH is 1. The molecule has 0 saturated carbocycles. The number of likely N-dealkylation sites (tertiary alicyclic amines) is 1. The molecule has 7 nitrogen and oxygen atoms in total. The van der Waals surface area contributed by atoms with Crippen molar-refractivity contribution >= 4 is 16.9 Å². The first kappa shape index (κ1) is 17.1. The first-order chi connectivity index (χ1) is 11.5. The van der Waals surface area contributed by atoms with Crippen LogP contribution in [-0.4, -0.2) is 62.0 Å². The van der Waals surface area contributed by atoms with Crippen molar-refractivity contribution in [2.45, 2.75) is 45.6 Å². The molecule has 2 aromatic heterocycles. The SMILES string of the molecule is Cc1nc(NC[C@@H](O)CN2CCCCCC2)c2c(C)nn(C)c2n1. The minimum absolute atomic E-state index is 0.412. The lowest BCUT2D eigenvalue weighted by Gasteiger charge is -2.23. The lowest BCUT2D eigenvalue weighted by molar-refractivity contribution is 0.124. The summed E-state index contributed by atoms with van der Waals surface area (Å²) in [6, 6.07) is 0. The summed E-state index contributed by atoms with van der Waals surface area (Å²) in [4.78, 5) is 11.3. The first-order valence-corrected chi connectivity index (χ1v) is 8.87. The minimum Gasteiger partial charge on any atom is -0.390 e. The average Bonchev–Trinajstić information content (AvgIpc) is 2.71. The summed E-state index contributed by atoms with van der Waals surface area (Å²) in [5.41, 5.74) is 1.72. The molecule has 0 aliphatic carbocycles. The number of aliphatic hydroxyl groups is 1. The van der Waals surface area contributed by atoms with Gasteiger partial charge in [0.1, 0.15) is 11.6 Å². The summed E-state index contributed by atoms with van der Waals surface area (Å²) in [5, 5.41) is 19.1. The van der Waals surface area contributed by atoms with E-state index < -0.39 is 6.10 Å². The molecule has 1 aliphatic rings. The van der Waals surface area contributed by atoms with E-state index in [-0.39, 0.29) is 0 Å². The van der Waals surface area contributed by atoms with Crippen LogP contribution in [0, 0.1) is 13.8 Å². The van der Waals surface area contributed by atoms with E-state index in [2.05, 4.69) is 25.3 Å². The van der Waals surface area contributed by atoms with E-state index >= 15 is 0 Å². The molecule has 0 aromatic carbocycles. The molecule has 3 heterocycles. The molecule has 7 heteroatoms. The third kappa shape index (κ3) is 3.84. The summed E-state index contributed by atoms with van der Waals surface area (Å²) < 4.78 is 1.78.